The van der Waals surface area contributed by atoms with Crippen LogP contribution in [0, 0.1) is 0 Å². The van der Waals surface area contributed by atoms with Gasteiger partial charge in [-0.2, -0.15) is 0 Å². The zero-order valence-electron chi connectivity index (χ0n) is 11.5. The van der Waals surface area contributed by atoms with Crippen LogP contribution in [0.1, 0.15) is 40.2 Å². The predicted octanol–water partition coefficient (Wildman–Crippen LogP) is 4.21. The number of carbonyl (C=O) groups excluding carboxylic acids is 1. The fourth-order valence-electron chi connectivity index (χ4n) is 1.47. The van der Waals surface area contributed by atoms with Crippen LogP contribution in [0.2, 0.25) is 0 Å². The Morgan fingerprint density at radius 1 is 1.11 bits per heavy atom. The van der Waals surface area contributed by atoms with Gasteiger partial charge in [-0.05, 0) is 52.3 Å². The van der Waals surface area contributed by atoms with E-state index in [1.54, 1.807) is 0 Å². The molecule has 1 aromatic carbocycles. The van der Waals surface area contributed by atoms with Crippen molar-refractivity contribution in [1.82, 2.24) is 5.32 Å². The molecule has 0 aliphatic carbocycles. The molecule has 0 atom stereocenters. The summed E-state index contributed by atoms with van der Waals surface area (Å²) in [6.07, 6.45) is -0.407. The fourth-order valence-corrected chi connectivity index (χ4v) is 1.74. The van der Waals surface area contributed by atoms with Crippen molar-refractivity contribution in [2.24, 2.45) is 0 Å². The number of hydrogen-bond acceptors (Lipinski definition) is 2. The van der Waals surface area contributed by atoms with Gasteiger partial charge in [-0.3, -0.25) is 0 Å². The van der Waals surface area contributed by atoms with E-state index in [1.807, 2.05) is 58.9 Å². The summed E-state index contributed by atoms with van der Waals surface area (Å²) in [7, 11) is 0. The van der Waals surface area contributed by atoms with Crippen molar-refractivity contribution in [3.8, 4) is 0 Å². The summed E-state index contributed by atoms with van der Waals surface area (Å²) >= 11 is 3.38. The summed E-state index contributed by atoms with van der Waals surface area (Å²) in [5.41, 5.74) is -0.00196. The van der Waals surface area contributed by atoms with E-state index in [1.165, 1.54) is 0 Å². The quantitative estimate of drug-likeness (QED) is 0.888. The Morgan fingerprint density at radius 3 is 2.06 bits per heavy atom. The van der Waals surface area contributed by atoms with Gasteiger partial charge in [0.25, 0.3) is 0 Å². The van der Waals surface area contributed by atoms with Crippen molar-refractivity contribution in [3.05, 3.63) is 34.3 Å². The SMILES string of the molecule is CC(C)(C)NC(=O)OC(C)(C)c1ccc(Br)cc1. The van der Waals surface area contributed by atoms with Crippen molar-refractivity contribution in [2.45, 2.75) is 45.8 Å². The first-order valence-corrected chi connectivity index (χ1v) is 6.67. The van der Waals surface area contributed by atoms with Crippen LogP contribution in [0.4, 0.5) is 4.79 Å². The van der Waals surface area contributed by atoms with Crippen LogP contribution in [0.15, 0.2) is 28.7 Å². The van der Waals surface area contributed by atoms with E-state index < -0.39 is 11.7 Å². The third kappa shape index (κ3) is 4.69. The minimum Gasteiger partial charge on any atom is -0.439 e. The van der Waals surface area contributed by atoms with E-state index in [2.05, 4.69) is 21.2 Å². The number of benzene rings is 1. The van der Waals surface area contributed by atoms with Crippen LogP contribution in [-0.2, 0) is 10.3 Å². The maximum Gasteiger partial charge on any atom is 0.408 e. The Morgan fingerprint density at radius 2 is 1.61 bits per heavy atom. The molecule has 0 spiro atoms. The smallest absolute Gasteiger partial charge is 0.408 e. The maximum atomic E-state index is 11.8. The summed E-state index contributed by atoms with van der Waals surface area (Å²) < 4.78 is 6.48. The highest BCUT2D eigenvalue weighted by atomic mass is 79.9. The third-order valence-corrected chi connectivity index (χ3v) is 2.89. The number of halogens is 1. The molecule has 0 bridgehead atoms. The molecule has 0 saturated carbocycles. The number of alkyl carbamates (subject to hydrolysis) is 1. The third-order valence-electron chi connectivity index (χ3n) is 2.36. The topological polar surface area (TPSA) is 38.3 Å². The molecule has 18 heavy (non-hydrogen) atoms. The highest BCUT2D eigenvalue weighted by Crippen LogP contribution is 2.26. The zero-order chi connectivity index (χ0) is 14.0. The van der Waals surface area contributed by atoms with Crippen molar-refractivity contribution in [1.29, 1.82) is 0 Å². The second-order valence-corrected chi connectivity index (χ2v) is 6.70. The van der Waals surface area contributed by atoms with Gasteiger partial charge in [0.1, 0.15) is 5.60 Å². The lowest BCUT2D eigenvalue weighted by Gasteiger charge is -2.28. The molecule has 1 amide bonds. The van der Waals surface area contributed by atoms with Gasteiger partial charge in [0.2, 0.25) is 0 Å². The lowest BCUT2D eigenvalue weighted by atomic mass is 9.98. The Hall–Kier alpha value is -1.03. The van der Waals surface area contributed by atoms with Crippen LogP contribution < -0.4 is 5.32 Å². The minimum atomic E-state index is -0.657. The Balaban J connectivity index is 2.75. The first-order valence-electron chi connectivity index (χ1n) is 5.87. The molecule has 1 rings (SSSR count). The summed E-state index contributed by atoms with van der Waals surface area (Å²) in [5.74, 6) is 0. The summed E-state index contributed by atoms with van der Waals surface area (Å²) in [5, 5.41) is 2.79. The molecule has 0 aliphatic heterocycles. The van der Waals surface area contributed by atoms with E-state index in [0.29, 0.717) is 0 Å². The van der Waals surface area contributed by atoms with Gasteiger partial charge in [-0.25, -0.2) is 4.79 Å². The summed E-state index contributed by atoms with van der Waals surface area (Å²) in [6, 6.07) is 7.74. The van der Waals surface area contributed by atoms with Gasteiger partial charge < -0.3 is 10.1 Å². The Bertz CT molecular complexity index is 418. The molecule has 0 aliphatic rings. The minimum absolute atomic E-state index is 0.299. The monoisotopic (exact) mass is 313 g/mol. The molecule has 1 N–H and O–H groups in total. The Labute approximate surface area is 117 Å². The molecule has 0 radical (unpaired) electrons. The molecule has 0 heterocycles. The fraction of sp³-hybridized carbons (Fsp3) is 0.500. The number of amides is 1. The molecular weight excluding hydrogens is 294 g/mol. The lowest BCUT2D eigenvalue weighted by Crippen LogP contribution is -2.43. The van der Waals surface area contributed by atoms with Crippen LogP contribution >= 0.6 is 15.9 Å². The number of carbonyl (C=O) groups is 1. The van der Waals surface area contributed by atoms with E-state index >= 15 is 0 Å². The average molecular weight is 314 g/mol. The molecule has 4 heteroatoms. The van der Waals surface area contributed by atoms with Crippen LogP contribution in [0.3, 0.4) is 0 Å². The molecule has 100 valence electrons. The molecule has 0 aromatic heterocycles. The van der Waals surface area contributed by atoms with E-state index in [-0.39, 0.29) is 5.54 Å². The van der Waals surface area contributed by atoms with Gasteiger partial charge in [0.15, 0.2) is 0 Å². The second kappa shape index (κ2) is 5.31. The number of rotatable bonds is 2. The van der Waals surface area contributed by atoms with Crippen molar-refractivity contribution in [3.63, 3.8) is 0 Å². The highest BCUT2D eigenvalue weighted by molar-refractivity contribution is 9.10. The molecule has 0 fully saturated rings. The Kier molecular flexibility index (Phi) is 4.43. The summed E-state index contributed by atoms with van der Waals surface area (Å²) in [4.78, 5) is 11.8. The largest absolute Gasteiger partial charge is 0.439 e. The van der Waals surface area contributed by atoms with Crippen molar-refractivity contribution in [2.75, 3.05) is 0 Å². The van der Waals surface area contributed by atoms with Gasteiger partial charge >= 0.3 is 6.09 Å². The highest BCUT2D eigenvalue weighted by Gasteiger charge is 2.27. The van der Waals surface area contributed by atoms with Gasteiger partial charge in [0, 0.05) is 10.0 Å². The lowest BCUT2D eigenvalue weighted by molar-refractivity contribution is 0.0322. The van der Waals surface area contributed by atoms with Gasteiger partial charge in [-0.15, -0.1) is 0 Å². The van der Waals surface area contributed by atoms with Crippen molar-refractivity contribution >= 4 is 22.0 Å². The molecule has 1 aromatic rings. The van der Waals surface area contributed by atoms with E-state index in [9.17, 15) is 4.79 Å². The first-order chi connectivity index (χ1) is 8.10. The van der Waals surface area contributed by atoms with Crippen molar-refractivity contribution < 1.29 is 9.53 Å². The van der Waals surface area contributed by atoms with Crippen LogP contribution in [-0.4, -0.2) is 11.6 Å². The molecule has 0 unspecified atom stereocenters. The first kappa shape index (κ1) is 15.0. The number of nitrogens with one attached hydrogen (secondary N) is 1. The van der Waals surface area contributed by atoms with Gasteiger partial charge in [-0.1, -0.05) is 28.1 Å². The molecule has 0 saturated heterocycles. The number of ether oxygens (including phenoxy) is 1. The predicted molar refractivity (Wildman–Crippen MR) is 76.5 cm³/mol. The maximum absolute atomic E-state index is 11.8. The van der Waals surface area contributed by atoms with Crippen LogP contribution in [0.5, 0.6) is 0 Å². The normalized spacial score (nSPS) is 12.1. The zero-order valence-corrected chi connectivity index (χ0v) is 13.1. The van der Waals surface area contributed by atoms with E-state index in [4.69, 9.17) is 4.74 Å². The van der Waals surface area contributed by atoms with E-state index in [0.717, 1.165) is 10.0 Å². The molecule has 3 nitrogen and oxygen atoms in total. The number of hydrogen-bond donors (Lipinski definition) is 1. The standard InChI is InChI=1S/C14H20BrNO2/c1-13(2,3)16-12(17)18-14(4,5)10-6-8-11(15)9-7-10/h6-9H,1-5H3,(H,16,17). The summed E-state index contributed by atoms with van der Waals surface area (Å²) in [6.45, 7) is 9.50. The van der Waals surface area contributed by atoms with Crippen LogP contribution in [0.25, 0.3) is 0 Å². The second-order valence-electron chi connectivity index (χ2n) is 5.78. The van der Waals surface area contributed by atoms with Gasteiger partial charge in [0.05, 0.1) is 0 Å². The molecular formula is C14H20BrNO2. The average Bonchev–Trinajstić information content (AvgIpc) is 2.13.